The second kappa shape index (κ2) is 23.5. The summed E-state index contributed by atoms with van der Waals surface area (Å²) in [5.41, 5.74) is 2.60. The van der Waals surface area contributed by atoms with E-state index in [-0.39, 0.29) is 24.1 Å². The van der Waals surface area contributed by atoms with Crippen molar-refractivity contribution in [3.05, 3.63) is 137 Å². The van der Waals surface area contributed by atoms with E-state index in [9.17, 15) is 14.4 Å². The monoisotopic (exact) mass is 709 g/mol. The Hall–Kier alpha value is -4.88. The highest BCUT2D eigenvalue weighted by Gasteiger charge is 2.22. The van der Waals surface area contributed by atoms with Crippen LogP contribution in [-0.4, -0.2) is 42.5 Å². The first-order valence-corrected chi connectivity index (χ1v) is 18.1. The lowest BCUT2D eigenvalue weighted by atomic mass is 10.1. The lowest BCUT2D eigenvalue weighted by molar-refractivity contribution is -0.122. The summed E-state index contributed by atoms with van der Waals surface area (Å²) in [5, 5.41) is 7.06. The van der Waals surface area contributed by atoms with Gasteiger partial charge in [0.2, 0.25) is 11.8 Å². The summed E-state index contributed by atoms with van der Waals surface area (Å²) in [7, 11) is 1.58. The van der Waals surface area contributed by atoms with Crippen molar-refractivity contribution in [2.45, 2.75) is 71.6 Å². The van der Waals surface area contributed by atoms with Gasteiger partial charge in [-0.25, -0.2) is 0 Å². The molecule has 0 aliphatic heterocycles. The number of amides is 2. The molecule has 1 aromatic heterocycles. The van der Waals surface area contributed by atoms with Crippen molar-refractivity contribution in [1.82, 2.24) is 15.2 Å². The van der Waals surface area contributed by atoms with Gasteiger partial charge >= 0.3 is 0 Å². The zero-order valence-corrected chi connectivity index (χ0v) is 31.0. The maximum Gasteiger partial charge on any atom is 0.262 e. The van der Waals surface area contributed by atoms with Crippen LogP contribution in [0, 0.1) is 6.92 Å². The Kier molecular flexibility index (Phi) is 18.7. The Morgan fingerprint density at radius 3 is 1.80 bits per heavy atom. The molecule has 0 radical (unpaired) electrons. The minimum Gasteiger partial charge on any atom is -0.497 e. The van der Waals surface area contributed by atoms with E-state index in [0.29, 0.717) is 53.5 Å². The highest BCUT2D eigenvalue weighted by Crippen LogP contribution is 2.31. The summed E-state index contributed by atoms with van der Waals surface area (Å²) < 4.78 is 7.04. The summed E-state index contributed by atoms with van der Waals surface area (Å²) in [6, 6.07) is 12.2. The van der Waals surface area contributed by atoms with Crippen LogP contribution >= 0.6 is 11.6 Å². The Morgan fingerprint density at radius 2 is 1.25 bits per heavy atom. The van der Waals surface area contributed by atoms with Crippen molar-refractivity contribution < 1.29 is 19.1 Å². The molecule has 2 N–H and O–H groups in total. The highest BCUT2D eigenvalue weighted by molar-refractivity contribution is 6.30. The molecule has 0 bridgehead atoms. The number of nitrogens with one attached hydrogen (secondary N) is 2. The fraction of sp³-hybridized carbons (Fsp3) is 0.326. The van der Waals surface area contributed by atoms with Crippen molar-refractivity contribution in [1.29, 1.82) is 0 Å². The second-order valence-electron chi connectivity index (χ2n) is 11.9. The second-order valence-corrected chi connectivity index (χ2v) is 12.4. The predicted octanol–water partition coefficient (Wildman–Crippen LogP) is 9.55. The Bertz CT molecular complexity index is 1740. The van der Waals surface area contributed by atoms with Crippen molar-refractivity contribution in [2.75, 3.05) is 20.2 Å². The zero-order chi connectivity index (χ0) is 36.7. The van der Waals surface area contributed by atoms with Gasteiger partial charge in [-0.3, -0.25) is 19.0 Å². The molecule has 0 aliphatic carbocycles. The number of ether oxygens (including phenoxy) is 1. The van der Waals surface area contributed by atoms with Crippen molar-refractivity contribution in [2.24, 2.45) is 0 Å². The topological polar surface area (TPSA) is 89.4 Å². The number of carbonyl (C=O) groups is 3. The Labute approximate surface area is 308 Å². The van der Waals surface area contributed by atoms with Crippen LogP contribution in [0.2, 0.25) is 5.02 Å². The molecule has 3 aromatic rings. The number of fused-ring (bicyclic) bond motifs is 1. The number of nitrogens with zero attached hydrogens (tertiary/aromatic N) is 1. The number of halogens is 1. The average molecular weight is 710 g/mol. The molecule has 0 aliphatic rings. The molecule has 3 rings (SSSR count). The summed E-state index contributed by atoms with van der Waals surface area (Å²) >= 11 is 6.02. The molecule has 0 spiro atoms. The average Bonchev–Trinajstić information content (AvgIpc) is 3.40. The third-order valence-electron chi connectivity index (χ3n) is 8.08. The number of hydrogen-bond donors (Lipinski definition) is 2. The highest BCUT2D eigenvalue weighted by atomic mass is 35.5. The van der Waals surface area contributed by atoms with E-state index in [2.05, 4.69) is 84.4 Å². The number of aromatic nitrogens is 1. The quantitative estimate of drug-likeness (QED) is 0.0852. The molecule has 0 fully saturated rings. The predicted molar refractivity (Wildman–Crippen MR) is 212 cm³/mol. The van der Waals surface area contributed by atoms with Crippen LogP contribution in [0.25, 0.3) is 10.9 Å². The molecular weight excluding hydrogens is 658 g/mol. The molecule has 7 nitrogen and oxygen atoms in total. The standard InChI is InChI=1S/C43H52ClN3O4/c1-4-5-6-7-8-9-10-11-12-13-14-15-16-17-18-19-20-21-22-23-41(48)45-30-31-46-42(49)33-38-34(2)47(40-29-28-37(51-3)32-39(38)40)43(50)35-24-26-36(44)27-25-35/h5-6,8-9,11-12,14-15,17-18,20-21,24-29,32H,4,7,10,13,16,19,22-23,30-31,33H2,1-3H3,(H,45,48)(H,46,49)/b6-5-,9-8-,12-11-,15-14-,18-17-,21-20-. The first-order chi connectivity index (χ1) is 24.8. The Balaban J connectivity index is 1.33. The number of benzene rings is 2. The van der Waals surface area contributed by atoms with Crippen LogP contribution in [-0.2, 0) is 16.0 Å². The molecule has 0 atom stereocenters. The molecular formula is C43H52ClN3O4. The maximum atomic E-state index is 13.5. The number of allylic oxidation sites excluding steroid dienone is 12. The number of hydrogen-bond acceptors (Lipinski definition) is 4. The number of methoxy groups -OCH3 is 1. The SMILES string of the molecule is CC/C=C\C/C=C\C/C=C\C/C=C\C/C=C\C/C=C\CCC(=O)NCCNC(=O)Cc1c(C)n(C(=O)c2ccc(Cl)cc2)c2ccc(OC)cc12. The van der Waals surface area contributed by atoms with E-state index in [1.165, 1.54) is 0 Å². The van der Waals surface area contributed by atoms with Gasteiger partial charge in [-0.1, -0.05) is 91.4 Å². The molecule has 0 saturated heterocycles. The van der Waals surface area contributed by atoms with Crippen LogP contribution < -0.4 is 15.4 Å². The normalized spacial score (nSPS) is 12.2. The Morgan fingerprint density at radius 1 is 0.725 bits per heavy atom. The van der Waals surface area contributed by atoms with Crippen LogP contribution in [0.15, 0.2) is 115 Å². The first-order valence-electron chi connectivity index (χ1n) is 17.8. The van der Waals surface area contributed by atoms with Gasteiger partial charge in [0.05, 0.1) is 19.0 Å². The molecule has 270 valence electrons. The van der Waals surface area contributed by atoms with Gasteiger partial charge < -0.3 is 15.4 Å². The van der Waals surface area contributed by atoms with Crippen LogP contribution in [0.4, 0.5) is 0 Å². The fourth-order valence-electron chi connectivity index (χ4n) is 5.37. The van der Waals surface area contributed by atoms with Gasteiger partial charge in [0.15, 0.2) is 0 Å². The summed E-state index contributed by atoms with van der Waals surface area (Å²) in [6.07, 6.45) is 32.8. The summed E-state index contributed by atoms with van der Waals surface area (Å²) in [6.45, 7) is 4.61. The van der Waals surface area contributed by atoms with Gasteiger partial charge in [-0.15, -0.1) is 0 Å². The van der Waals surface area contributed by atoms with Crippen LogP contribution in [0.5, 0.6) is 5.75 Å². The summed E-state index contributed by atoms with van der Waals surface area (Å²) in [5.74, 6) is 0.159. The first kappa shape index (κ1) is 40.5. The minimum atomic E-state index is -0.210. The molecule has 0 saturated carbocycles. The maximum absolute atomic E-state index is 13.5. The van der Waals surface area contributed by atoms with Gasteiger partial charge in [-0.05, 0) is 99.9 Å². The van der Waals surface area contributed by atoms with E-state index in [4.69, 9.17) is 16.3 Å². The van der Waals surface area contributed by atoms with Crippen molar-refractivity contribution >= 4 is 40.2 Å². The van der Waals surface area contributed by atoms with Gasteiger partial charge in [-0.2, -0.15) is 0 Å². The van der Waals surface area contributed by atoms with Gasteiger partial charge in [0.25, 0.3) is 5.91 Å². The molecule has 2 amide bonds. The third-order valence-corrected chi connectivity index (χ3v) is 8.33. The molecule has 2 aromatic carbocycles. The van der Waals surface area contributed by atoms with E-state index in [0.717, 1.165) is 49.5 Å². The van der Waals surface area contributed by atoms with Crippen molar-refractivity contribution in [3.63, 3.8) is 0 Å². The number of rotatable bonds is 21. The molecule has 51 heavy (non-hydrogen) atoms. The fourth-order valence-corrected chi connectivity index (χ4v) is 5.49. The molecule has 1 heterocycles. The largest absolute Gasteiger partial charge is 0.497 e. The zero-order valence-electron chi connectivity index (χ0n) is 30.2. The van der Waals surface area contributed by atoms with E-state index in [1.807, 2.05) is 25.1 Å². The van der Waals surface area contributed by atoms with Crippen LogP contribution in [0.1, 0.15) is 79.9 Å². The van der Waals surface area contributed by atoms with Gasteiger partial charge in [0.1, 0.15) is 5.75 Å². The third kappa shape index (κ3) is 14.5. The lowest BCUT2D eigenvalue weighted by Crippen LogP contribution is -2.35. The molecule has 8 heteroatoms. The molecule has 0 unspecified atom stereocenters. The van der Waals surface area contributed by atoms with E-state index < -0.39 is 0 Å². The smallest absolute Gasteiger partial charge is 0.262 e. The van der Waals surface area contributed by atoms with E-state index >= 15 is 0 Å². The number of carbonyl (C=O) groups excluding carboxylic acids is 3. The van der Waals surface area contributed by atoms with Crippen molar-refractivity contribution in [3.8, 4) is 5.75 Å². The van der Waals surface area contributed by atoms with Gasteiger partial charge in [0, 0.05) is 41.2 Å². The van der Waals surface area contributed by atoms with Crippen LogP contribution in [0.3, 0.4) is 0 Å². The lowest BCUT2D eigenvalue weighted by Gasteiger charge is -2.09. The van der Waals surface area contributed by atoms with E-state index in [1.54, 1.807) is 42.0 Å². The minimum absolute atomic E-state index is 0.0597. The summed E-state index contributed by atoms with van der Waals surface area (Å²) in [4.78, 5) is 38.7.